The van der Waals surface area contributed by atoms with E-state index >= 15 is 0 Å². The van der Waals surface area contributed by atoms with Crippen LogP contribution in [0, 0.1) is 0 Å². The summed E-state index contributed by atoms with van der Waals surface area (Å²) in [5, 5.41) is 7.88. The van der Waals surface area contributed by atoms with Crippen molar-refractivity contribution >= 4 is 6.09 Å². The molecular weight excluding hydrogens is 292 g/mol. The highest BCUT2D eigenvalue weighted by molar-refractivity contribution is 5.68. The van der Waals surface area contributed by atoms with Crippen LogP contribution in [0.5, 0.6) is 0 Å². The lowest BCUT2D eigenvalue weighted by Gasteiger charge is -2.39. The van der Waals surface area contributed by atoms with Gasteiger partial charge in [0.25, 0.3) is 0 Å². The molecule has 0 saturated carbocycles. The number of aryl methyl sites for hydroxylation is 1. The minimum Gasteiger partial charge on any atom is -0.444 e. The molecule has 6 nitrogen and oxygen atoms in total. The Bertz CT molecular complexity index is 535. The van der Waals surface area contributed by atoms with Crippen LogP contribution in [0.15, 0.2) is 12.4 Å². The Hall–Kier alpha value is -1.56. The quantitative estimate of drug-likeness (QED) is 0.929. The molecule has 3 atom stereocenters. The molecule has 1 aliphatic heterocycles. The van der Waals surface area contributed by atoms with Gasteiger partial charge in [0.15, 0.2) is 0 Å². The Labute approximate surface area is 139 Å². The van der Waals surface area contributed by atoms with E-state index in [1.165, 1.54) is 5.56 Å². The summed E-state index contributed by atoms with van der Waals surface area (Å²) >= 11 is 0. The number of carbonyl (C=O) groups excluding carboxylic acids is 1. The number of hydrogen-bond acceptors (Lipinski definition) is 4. The first-order valence-electron chi connectivity index (χ1n) is 8.40. The predicted octanol–water partition coefficient (Wildman–Crippen LogP) is 2.86. The zero-order chi connectivity index (χ0) is 17.2. The molecule has 1 fully saturated rings. The Morgan fingerprint density at radius 2 is 2.17 bits per heavy atom. The van der Waals surface area contributed by atoms with Crippen LogP contribution in [0.1, 0.15) is 59.1 Å². The normalized spacial score (nSPS) is 23.7. The largest absolute Gasteiger partial charge is 0.444 e. The molecule has 0 bridgehead atoms. The van der Waals surface area contributed by atoms with Crippen LogP contribution in [0.25, 0.3) is 0 Å². The number of ether oxygens (including phenoxy) is 1. The van der Waals surface area contributed by atoms with Crippen molar-refractivity contribution in [2.75, 3.05) is 6.54 Å². The van der Waals surface area contributed by atoms with Crippen molar-refractivity contribution in [1.82, 2.24) is 20.0 Å². The fraction of sp³-hybridized carbons (Fsp3) is 0.765. The number of amides is 1. The second kappa shape index (κ2) is 6.91. The lowest BCUT2D eigenvalue weighted by atomic mass is 9.97. The van der Waals surface area contributed by atoms with Crippen molar-refractivity contribution < 1.29 is 9.53 Å². The van der Waals surface area contributed by atoms with Crippen molar-refractivity contribution in [3.63, 3.8) is 0 Å². The maximum atomic E-state index is 12.2. The van der Waals surface area contributed by atoms with Crippen molar-refractivity contribution in [1.29, 1.82) is 0 Å². The zero-order valence-electron chi connectivity index (χ0n) is 15.2. The van der Waals surface area contributed by atoms with E-state index in [-0.39, 0.29) is 18.2 Å². The van der Waals surface area contributed by atoms with Crippen LogP contribution >= 0.6 is 0 Å². The maximum absolute atomic E-state index is 12.2. The van der Waals surface area contributed by atoms with E-state index in [0.29, 0.717) is 6.04 Å². The summed E-state index contributed by atoms with van der Waals surface area (Å²) in [6, 6.07) is 0.838. The molecule has 2 heterocycles. The molecule has 1 aliphatic rings. The molecule has 1 N–H and O–H groups in total. The molecule has 1 saturated heterocycles. The summed E-state index contributed by atoms with van der Waals surface area (Å²) in [6.07, 6.45) is 5.61. The molecule has 23 heavy (non-hydrogen) atoms. The van der Waals surface area contributed by atoms with Gasteiger partial charge in [-0.1, -0.05) is 0 Å². The van der Waals surface area contributed by atoms with Gasteiger partial charge in [-0.25, -0.2) is 4.79 Å². The summed E-state index contributed by atoms with van der Waals surface area (Å²) in [7, 11) is 1.93. The molecule has 0 aliphatic carbocycles. The van der Waals surface area contributed by atoms with Gasteiger partial charge in [0, 0.05) is 43.5 Å². The minimum absolute atomic E-state index is 0.178. The lowest BCUT2D eigenvalue weighted by Crippen LogP contribution is -2.51. The molecule has 1 aromatic rings. The van der Waals surface area contributed by atoms with Gasteiger partial charge in [-0.05, 0) is 47.5 Å². The van der Waals surface area contributed by atoms with Crippen molar-refractivity contribution in [2.24, 2.45) is 7.05 Å². The minimum atomic E-state index is -0.444. The third-order valence-corrected chi connectivity index (χ3v) is 4.21. The fourth-order valence-corrected chi connectivity index (χ4v) is 3.03. The molecule has 2 rings (SSSR count). The maximum Gasteiger partial charge on any atom is 0.410 e. The molecular formula is C17H30N4O2. The second-order valence-corrected chi connectivity index (χ2v) is 7.58. The highest BCUT2D eigenvalue weighted by Crippen LogP contribution is 2.23. The average Bonchev–Trinajstić information content (AvgIpc) is 2.83. The third kappa shape index (κ3) is 4.96. The second-order valence-electron chi connectivity index (χ2n) is 7.58. The van der Waals surface area contributed by atoms with Gasteiger partial charge in [0.1, 0.15) is 5.60 Å². The summed E-state index contributed by atoms with van der Waals surface area (Å²) in [6.45, 7) is 10.7. The molecule has 6 heteroatoms. The van der Waals surface area contributed by atoms with Gasteiger partial charge in [-0.3, -0.25) is 4.68 Å². The third-order valence-electron chi connectivity index (χ3n) is 4.21. The van der Waals surface area contributed by atoms with Crippen molar-refractivity contribution in [3.05, 3.63) is 18.0 Å². The van der Waals surface area contributed by atoms with E-state index < -0.39 is 5.60 Å². The molecule has 1 amide bonds. The van der Waals surface area contributed by atoms with Gasteiger partial charge in [0.2, 0.25) is 0 Å². The zero-order valence-corrected chi connectivity index (χ0v) is 15.2. The molecule has 0 aromatic carbocycles. The number of likely N-dealkylation sites (tertiary alicyclic amines) is 1. The Morgan fingerprint density at radius 3 is 2.70 bits per heavy atom. The van der Waals surface area contributed by atoms with E-state index in [0.717, 1.165) is 19.4 Å². The fourth-order valence-electron chi connectivity index (χ4n) is 3.03. The van der Waals surface area contributed by atoms with E-state index in [9.17, 15) is 4.79 Å². The summed E-state index contributed by atoms with van der Waals surface area (Å²) in [5.74, 6) is 0. The van der Waals surface area contributed by atoms with Gasteiger partial charge in [-0.2, -0.15) is 5.10 Å². The first-order chi connectivity index (χ1) is 10.7. The smallest absolute Gasteiger partial charge is 0.410 e. The number of nitrogens with one attached hydrogen (secondary N) is 1. The van der Waals surface area contributed by atoms with Crippen LogP contribution in [-0.2, 0) is 11.8 Å². The Balaban J connectivity index is 1.87. The van der Waals surface area contributed by atoms with Gasteiger partial charge in [0.05, 0.1) is 6.20 Å². The SMILES string of the molecule is CC(NC1CCN(C(=O)OC(C)(C)C)C(C)C1)c1cnn(C)c1. The lowest BCUT2D eigenvalue weighted by molar-refractivity contribution is 0.00905. The first-order valence-corrected chi connectivity index (χ1v) is 8.40. The molecule has 0 spiro atoms. The number of piperidine rings is 1. The number of rotatable bonds is 3. The van der Waals surface area contributed by atoms with E-state index in [4.69, 9.17) is 4.74 Å². The summed E-state index contributed by atoms with van der Waals surface area (Å²) < 4.78 is 7.31. The number of aromatic nitrogens is 2. The number of hydrogen-bond donors (Lipinski definition) is 1. The van der Waals surface area contributed by atoms with Crippen LogP contribution in [0.2, 0.25) is 0 Å². The molecule has 3 unspecified atom stereocenters. The van der Waals surface area contributed by atoms with E-state index in [2.05, 4.69) is 24.3 Å². The Kier molecular flexibility index (Phi) is 5.34. The van der Waals surface area contributed by atoms with Crippen LogP contribution < -0.4 is 5.32 Å². The van der Waals surface area contributed by atoms with Crippen LogP contribution in [0.4, 0.5) is 4.79 Å². The topological polar surface area (TPSA) is 59.4 Å². The van der Waals surface area contributed by atoms with Gasteiger partial charge >= 0.3 is 6.09 Å². The number of nitrogens with zero attached hydrogens (tertiary/aromatic N) is 3. The molecule has 0 radical (unpaired) electrons. The highest BCUT2D eigenvalue weighted by Gasteiger charge is 2.32. The highest BCUT2D eigenvalue weighted by atomic mass is 16.6. The van der Waals surface area contributed by atoms with Gasteiger partial charge < -0.3 is 15.0 Å². The van der Waals surface area contributed by atoms with Crippen LogP contribution in [0.3, 0.4) is 0 Å². The predicted molar refractivity (Wildman–Crippen MR) is 90.2 cm³/mol. The van der Waals surface area contributed by atoms with Crippen molar-refractivity contribution in [2.45, 2.75) is 71.2 Å². The summed E-state index contributed by atoms with van der Waals surface area (Å²) in [4.78, 5) is 14.1. The molecule has 1 aromatic heterocycles. The van der Waals surface area contributed by atoms with Crippen molar-refractivity contribution in [3.8, 4) is 0 Å². The standard InChI is InChI=1S/C17H30N4O2/c1-12-9-15(19-13(2)14-10-18-20(6)11-14)7-8-21(12)16(22)23-17(3,4)5/h10-13,15,19H,7-9H2,1-6H3. The number of carbonyl (C=O) groups is 1. The van der Waals surface area contributed by atoms with E-state index in [1.54, 1.807) is 0 Å². The first kappa shape index (κ1) is 17.8. The Morgan fingerprint density at radius 1 is 1.48 bits per heavy atom. The van der Waals surface area contributed by atoms with E-state index in [1.807, 2.05) is 49.8 Å². The summed E-state index contributed by atoms with van der Waals surface area (Å²) in [5.41, 5.74) is 0.746. The molecule has 130 valence electrons. The van der Waals surface area contributed by atoms with Gasteiger partial charge in [-0.15, -0.1) is 0 Å². The average molecular weight is 322 g/mol. The van der Waals surface area contributed by atoms with Crippen LogP contribution in [-0.4, -0.2) is 45.0 Å². The monoisotopic (exact) mass is 322 g/mol.